The van der Waals surface area contributed by atoms with Crippen LogP contribution in [0, 0.1) is 0 Å². The first-order chi connectivity index (χ1) is 5.91. The van der Waals surface area contributed by atoms with Crippen LogP contribution in [0.3, 0.4) is 0 Å². The van der Waals surface area contributed by atoms with E-state index in [-0.39, 0.29) is 0 Å². The van der Waals surface area contributed by atoms with Gasteiger partial charge in [-0.3, -0.25) is 0 Å². The zero-order valence-electron chi connectivity index (χ0n) is 8.57. The van der Waals surface area contributed by atoms with Gasteiger partial charge in [-0.15, -0.1) is 0 Å². The Morgan fingerprint density at radius 2 is 1.75 bits per heavy atom. The lowest BCUT2D eigenvalue weighted by molar-refractivity contribution is 0.666. The highest BCUT2D eigenvalue weighted by molar-refractivity contribution is 7.99. The van der Waals surface area contributed by atoms with Gasteiger partial charge in [-0.05, 0) is 43.9 Å². The molecule has 0 atom stereocenters. The summed E-state index contributed by atoms with van der Waals surface area (Å²) in [6.07, 6.45) is 5.44. The van der Waals surface area contributed by atoms with Crippen LogP contribution in [-0.2, 0) is 0 Å². The fraction of sp³-hybridized carbons (Fsp3) is 1.00. The van der Waals surface area contributed by atoms with Crippen LogP contribution in [0.4, 0.5) is 0 Å². The molecule has 0 saturated carbocycles. The zero-order valence-corrected chi connectivity index (χ0v) is 9.38. The first kappa shape index (κ1) is 12.3. The van der Waals surface area contributed by atoms with Crippen LogP contribution in [-0.4, -0.2) is 24.6 Å². The molecule has 0 saturated heterocycles. The molecule has 0 aromatic carbocycles. The van der Waals surface area contributed by atoms with Gasteiger partial charge in [-0.1, -0.05) is 20.3 Å². The molecular weight excluding hydrogens is 166 g/mol. The molecule has 0 heterocycles. The topological polar surface area (TPSA) is 12.0 Å². The average molecular weight is 189 g/mol. The monoisotopic (exact) mass is 189 g/mol. The molecule has 0 aliphatic heterocycles. The molecule has 0 spiro atoms. The summed E-state index contributed by atoms with van der Waals surface area (Å²) < 4.78 is 0. The largest absolute Gasteiger partial charge is 0.317 e. The molecule has 0 aliphatic carbocycles. The minimum atomic E-state index is 1.11. The van der Waals surface area contributed by atoms with Gasteiger partial charge in [0.1, 0.15) is 0 Å². The van der Waals surface area contributed by atoms with Crippen molar-refractivity contribution < 1.29 is 0 Å². The van der Waals surface area contributed by atoms with Crippen LogP contribution < -0.4 is 5.32 Å². The molecule has 0 amide bonds. The molecule has 1 N–H and O–H groups in total. The van der Waals surface area contributed by atoms with E-state index >= 15 is 0 Å². The summed E-state index contributed by atoms with van der Waals surface area (Å²) >= 11 is 2.11. The molecule has 2 heteroatoms. The van der Waals surface area contributed by atoms with E-state index in [1.807, 2.05) is 0 Å². The smallest absolute Gasteiger partial charge is 0.00487 e. The molecule has 74 valence electrons. The third kappa shape index (κ3) is 10.3. The maximum absolute atomic E-state index is 3.34. The molecule has 0 fully saturated rings. The van der Waals surface area contributed by atoms with Crippen LogP contribution in [0.2, 0.25) is 0 Å². The van der Waals surface area contributed by atoms with Crippen molar-refractivity contribution in [2.24, 2.45) is 0 Å². The quantitative estimate of drug-likeness (QED) is 0.560. The van der Waals surface area contributed by atoms with E-state index in [2.05, 4.69) is 30.9 Å². The van der Waals surface area contributed by atoms with Crippen LogP contribution in [0.5, 0.6) is 0 Å². The van der Waals surface area contributed by atoms with Gasteiger partial charge in [0, 0.05) is 0 Å². The third-order valence-corrected chi connectivity index (χ3v) is 2.94. The van der Waals surface area contributed by atoms with Crippen molar-refractivity contribution in [2.75, 3.05) is 24.6 Å². The highest BCUT2D eigenvalue weighted by Gasteiger charge is 1.89. The molecule has 0 unspecified atom stereocenters. The maximum atomic E-state index is 3.34. The van der Waals surface area contributed by atoms with E-state index in [0.29, 0.717) is 0 Å². The van der Waals surface area contributed by atoms with Crippen molar-refractivity contribution in [3.8, 4) is 0 Å². The summed E-state index contributed by atoms with van der Waals surface area (Å²) in [5, 5.41) is 3.34. The number of nitrogens with one attached hydrogen (secondary N) is 1. The molecular formula is C10H23NS. The van der Waals surface area contributed by atoms with Gasteiger partial charge < -0.3 is 5.32 Å². The lowest BCUT2D eigenvalue weighted by Gasteiger charge is -2.01. The second kappa shape index (κ2) is 11.3. The normalized spacial score (nSPS) is 10.5. The molecule has 1 nitrogen and oxygen atoms in total. The van der Waals surface area contributed by atoms with E-state index in [0.717, 1.165) is 6.54 Å². The minimum absolute atomic E-state index is 1.11. The van der Waals surface area contributed by atoms with Gasteiger partial charge in [-0.2, -0.15) is 11.8 Å². The lowest BCUT2D eigenvalue weighted by Crippen LogP contribution is -2.13. The standard InChI is InChI=1S/C10H23NS/c1-3-5-9-12-10-7-6-8-11-4-2/h11H,3-10H2,1-2H3. The maximum Gasteiger partial charge on any atom is -0.00487 e. The first-order valence-electron chi connectivity index (χ1n) is 5.20. The fourth-order valence-electron chi connectivity index (χ4n) is 0.979. The summed E-state index contributed by atoms with van der Waals surface area (Å²) in [5.74, 6) is 2.71. The Bertz CT molecular complexity index is 66.2. The lowest BCUT2D eigenvalue weighted by atomic mass is 10.3. The number of hydrogen-bond donors (Lipinski definition) is 1. The minimum Gasteiger partial charge on any atom is -0.317 e. The van der Waals surface area contributed by atoms with Gasteiger partial charge in [0.15, 0.2) is 0 Å². The number of hydrogen-bond acceptors (Lipinski definition) is 2. The van der Waals surface area contributed by atoms with Crippen LogP contribution in [0.15, 0.2) is 0 Å². The number of rotatable bonds is 9. The molecule has 0 radical (unpaired) electrons. The summed E-state index contributed by atoms with van der Waals surface area (Å²) in [7, 11) is 0. The molecule has 12 heavy (non-hydrogen) atoms. The Morgan fingerprint density at radius 3 is 2.42 bits per heavy atom. The molecule has 0 bridgehead atoms. The van der Waals surface area contributed by atoms with Crippen LogP contribution in [0.1, 0.15) is 39.5 Å². The molecule has 0 aromatic rings. The summed E-state index contributed by atoms with van der Waals surface area (Å²) in [5.41, 5.74) is 0. The first-order valence-corrected chi connectivity index (χ1v) is 6.35. The molecule has 0 rings (SSSR count). The summed E-state index contributed by atoms with van der Waals surface area (Å²) in [6, 6.07) is 0. The average Bonchev–Trinajstić information content (AvgIpc) is 2.10. The summed E-state index contributed by atoms with van der Waals surface area (Å²) in [6.45, 7) is 6.73. The fourth-order valence-corrected chi connectivity index (χ4v) is 2.08. The van der Waals surface area contributed by atoms with Crippen molar-refractivity contribution >= 4 is 11.8 Å². The van der Waals surface area contributed by atoms with Crippen molar-refractivity contribution in [2.45, 2.75) is 39.5 Å². The predicted octanol–water partition coefficient (Wildman–Crippen LogP) is 2.91. The third-order valence-electron chi connectivity index (χ3n) is 1.78. The Morgan fingerprint density at radius 1 is 1.00 bits per heavy atom. The van der Waals surface area contributed by atoms with Crippen molar-refractivity contribution in [1.82, 2.24) is 5.32 Å². The molecule has 0 aliphatic rings. The van der Waals surface area contributed by atoms with E-state index in [9.17, 15) is 0 Å². The van der Waals surface area contributed by atoms with Crippen molar-refractivity contribution in [1.29, 1.82) is 0 Å². The van der Waals surface area contributed by atoms with E-state index in [1.165, 1.54) is 43.7 Å². The Kier molecular flexibility index (Phi) is 11.6. The summed E-state index contributed by atoms with van der Waals surface area (Å²) in [4.78, 5) is 0. The molecule has 0 aromatic heterocycles. The van der Waals surface area contributed by atoms with Crippen LogP contribution in [0.25, 0.3) is 0 Å². The van der Waals surface area contributed by atoms with Gasteiger partial charge in [0.05, 0.1) is 0 Å². The predicted molar refractivity (Wildman–Crippen MR) is 60.0 cm³/mol. The Hall–Kier alpha value is 0.310. The van der Waals surface area contributed by atoms with E-state index in [1.54, 1.807) is 0 Å². The SMILES string of the molecule is CCCCSCCCCNCC. The van der Waals surface area contributed by atoms with Crippen molar-refractivity contribution in [3.05, 3.63) is 0 Å². The van der Waals surface area contributed by atoms with E-state index < -0.39 is 0 Å². The van der Waals surface area contributed by atoms with Crippen molar-refractivity contribution in [3.63, 3.8) is 0 Å². The zero-order chi connectivity index (χ0) is 9.07. The second-order valence-electron chi connectivity index (χ2n) is 3.03. The van der Waals surface area contributed by atoms with Gasteiger partial charge in [-0.25, -0.2) is 0 Å². The Labute approximate surface area is 81.7 Å². The Balaban J connectivity index is 2.73. The van der Waals surface area contributed by atoms with Crippen LogP contribution >= 0.6 is 11.8 Å². The highest BCUT2D eigenvalue weighted by Crippen LogP contribution is 2.06. The van der Waals surface area contributed by atoms with Gasteiger partial charge in [0.25, 0.3) is 0 Å². The number of thioether (sulfide) groups is 1. The highest BCUT2D eigenvalue weighted by atomic mass is 32.2. The second-order valence-corrected chi connectivity index (χ2v) is 4.25. The van der Waals surface area contributed by atoms with Gasteiger partial charge >= 0.3 is 0 Å². The van der Waals surface area contributed by atoms with Gasteiger partial charge in [0.2, 0.25) is 0 Å². The number of unbranched alkanes of at least 4 members (excludes halogenated alkanes) is 2. The van der Waals surface area contributed by atoms with E-state index in [4.69, 9.17) is 0 Å².